The molecule has 2 fully saturated rings. The third kappa shape index (κ3) is 25.9. The number of imidazole rings is 1. The van der Waals surface area contributed by atoms with Crippen LogP contribution in [0.3, 0.4) is 0 Å². The van der Waals surface area contributed by atoms with Crippen molar-refractivity contribution in [3.63, 3.8) is 0 Å². The number of aromatic nitrogens is 2. The maximum absolute atomic E-state index is 12.4. The van der Waals surface area contributed by atoms with Gasteiger partial charge in [0.15, 0.2) is 5.78 Å². The van der Waals surface area contributed by atoms with Crippen LogP contribution in [0.1, 0.15) is 111 Å². The molecule has 2 saturated heterocycles. The molecule has 2 aliphatic rings. The summed E-state index contributed by atoms with van der Waals surface area (Å²) in [7, 11) is 0. The molecular weight excluding hydrogens is 1310 g/mol. The number of halogens is 5. The Morgan fingerprint density at radius 1 is 0.806 bits per heavy atom. The predicted octanol–water partition coefficient (Wildman–Crippen LogP) is 12.1. The Labute approximate surface area is 438 Å². The van der Waals surface area contributed by atoms with Crippen LogP contribution in [0.5, 0.6) is 0 Å². The number of ketones is 1. The lowest BCUT2D eigenvalue weighted by Gasteiger charge is -2.28. The molecule has 0 bridgehead atoms. The van der Waals surface area contributed by atoms with Gasteiger partial charge in [-0.3, -0.25) is 24.2 Å². The van der Waals surface area contributed by atoms with Crippen molar-refractivity contribution in [3.8, 4) is 11.3 Å². The predicted molar refractivity (Wildman–Crippen MR) is 290 cm³/mol. The topological polar surface area (TPSA) is 206 Å². The van der Waals surface area contributed by atoms with Crippen LogP contribution in [0.15, 0.2) is 63.7 Å². The number of benzene rings is 2. The molecule has 0 aliphatic carbocycles. The largest absolute Gasteiger partial charge is 0.481 e. The molecule has 21 heteroatoms. The summed E-state index contributed by atoms with van der Waals surface area (Å²) in [6, 6.07) is 14.4. The van der Waals surface area contributed by atoms with Gasteiger partial charge in [0.05, 0.1) is 24.5 Å². The number of H-pyrrole nitrogens is 1. The average molecular weight is 1370 g/mol. The highest BCUT2D eigenvalue weighted by atomic mass is 127. The van der Waals surface area contributed by atoms with Crippen molar-refractivity contribution in [3.05, 3.63) is 75.1 Å². The zero-order chi connectivity index (χ0) is 44.0. The van der Waals surface area contributed by atoms with E-state index in [0.717, 1.165) is 52.2 Å². The maximum atomic E-state index is 12.4. The number of hydrogen-bond acceptors (Lipinski definition) is 9. The van der Waals surface area contributed by atoms with E-state index < -0.39 is 29.3 Å². The van der Waals surface area contributed by atoms with Gasteiger partial charge in [-0.2, -0.15) is 27.0 Å². The Bertz CT molecular complexity index is 1830. The number of carboxylic acids is 1. The first kappa shape index (κ1) is 64.9. The minimum Gasteiger partial charge on any atom is -0.481 e. The quantitative estimate of drug-likeness (QED) is 0.104. The fourth-order valence-corrected chi connectivity index (χ4v) is 6.00. The molecule has 352 valence electrons. The number of carboxylic acid groups (broad SMARTS) is 1. The highest BCUT2D eigenvalue weighted by molar-refractivity contribution is 14.3. The number of hydrogen-bond donors (Lipinski definition) is 4. The van der Waals surface area contributed by atoms with Gasteiger partial charge < -0.3 is 31.0 Å². The Morgan fingerprint density at radius 2 is 1.23 bits per heavy atom. The number of alkyl halides is 3. The number of aromatic amines is 1. The first-order valence-corrected chi connectivity index (χ1v) is 23.2. The van der Waals surface area contributed by atoms with Gasteiger partial charge in [-0.15, -0.1) is 0 Å². The van der Waals surface area contributed by atoms with E-state index in [1.54, 1.807) is 49.9 Å². The fourth-order valence-electron chi connectivity index (χ4n) is 5.47. The fraction of sp³-hybridized carbons (Fsp3) is 0.512. The molecule has 3 aromatic rings. The molecule has 6 N–H and O–H groups in total. The number of nitrogens with zero attached hydrogens (tertiary/aromatic N) is 3. The summed E-state index contributed by atoms with van der Waals surface area (Å²) in [5, 5.41) is 10.1. The molecule has 2 aliphatic heterocycles. The molecule has 1 aromatic heterocycles. The molecule has 0 saturated carbocycles. The number of rotatable bonds is 6. The van der Waals surface area contributed by atoms with Crippen molar-refractivity contribution in [1.82, 2.24) is 31.2 Å². The molecule has 3 amide bonds. The van der Waals surface area contributed by atoms with Crippen LogP contribution in [0.25, 0.3) is 11.3 Å². The lowest BCUT2D eigenvalue weighted by atomic mass is 10.1. The smallest absolute Gasteiger partial charge is 0.410 e. The second-order valence-electron chi connectivity index (χ2n) is 15.3. The van der Waals surface area contributed by atoms with Crippen molar-refractivity contribution in [2.24, 2.45) is 0 Å². The van der Waals surface area contributed by atoms with Gasteiger partial charge in [-0.1, -0.05) is 131 Å². The third-order valence-corrected chi connectivity index (χ3v) is 8.78. The molecule has 0 spiro atoms. The van der Waals surface area contributed by atoms with E-state index in [-0.39, 0.29) is 70.9 Å². The molecule has 5 rings (SSSR count). The van der Waals surface area contributed by atoms with E-state index >= 15 is 0 Å². The van der Waals surface area contributed by atoms with Gasteiger partial charge in [-0.25, -0.2) is 14.6 Å². The van der Waals surface area contributed by atoms with Crippen LogP contribution in [0.2, 0.25) is 0 Å². The second-order valence-corrected chi connectivity index (χ2v) is 29.8. The van der Waals surface area contributed by atoms with Gasteiger partial charge in [0.1, 0.15) is 22.5 Å². The van der Waals surface area contributed by atoms with Crippen molar-refractivity contribution >= 4 is 156 Å². The van der Waals surface area contributed by atoms with Gasteiger partial charge in [-0.05, 0) is 104 Å². The monoisotopic (exact) mass is 1370 g/mol. The van der Waals surface area contributed by atoms with E-state index in [1.165, 1.54) is 4.90 Å². The average Bonchev–Trinajstić information content (AvgIpc) is 3.87. The Morgan fingerprint density at radius 3 is 1.69 bits per heavy atom. The number of likely N-dealkylation sites (tertiary alicyclic amines) is 2. The van der Waals surface area contributed by atoms with E-state index in [9.17, 15) is 19.2 Å². The number of ether oxygens (including phenoxy) is 2. The van der Waals surface area contributed by atoms with Crippen LogP contribution in [-0.4, -0.2) is 91.0 Å². The zero-order valence-electron chi connectivity index (χ0n) is 35.5. The van der Waals surface area contributed by atoms with Crippen LogP contribution < -0.4 is 11.5 Å². The Kier molecular flexibility index (Phi) is 31.4. The first-order valence-electron chi connectivity index (χ1n) is 18.4. The molecule has 0 unspecified atom stereocenters. The minimum absolute atomic E-state index is 0. The van der Waals surface area contributed by atoms with E-state index in [2.05, 4.69) is 122 Å². The summed E-state index contributed by atoms with van der Waals surface area (Å²) in [5.74, 6) is -0.521. The van der Waals surface area contributed by atoms with Crippen LogP contribution in [0.4, 0.5) is 9.59 Å². The summed E-state index contributed by atoms with van der Waals surface area (Å²) in [5.41, 5.74) is 1.44. The maximum Gasteiger partial charge on any atom is 0.410 e. The number of nitrogens with one attached hydrogen (secondary N) is 2. The van der Waals surface area contributed by atoms with Crippen molar-refractivity contribution in [2.75, 3.05) is 19.6 Å². The summed E-state index contributed by atoms with van der Waals surface area (Å²) < 4.78 is 13.2. The molecule has 0 radical (unpaired) electrons. The van der Waals surface area contributed by atoms with Gasteiger partial charge in [0.2, 0.25) is 5.91 Å². The Hall–Kier alpha value is -1.39. The number of carbonyl (C=O) groups is 5. The summed E-state index contributed by atoms with van der Waals surface area (Å²) in [4.78, 5) is 69.3. The highest BCUT2D eigenvalue weighted by Gasteiger charge is 2.37. The molecule has 14 nitrogen and oxygen atoms in total. The van der Waals surface area contributed by atoms with Gasteiger partial charge in [0.25, 0.3) is 5.97 Å². The second kappa shape index (κ2) is 30.0. The van der Waals surface area contributed by atoms with E-state index in [0.29, 0.717) is 24.5 Å². The number of amides is 3. The molecule has 2 aromatic carbocycles. The highest BCUT2D eigenvalue weighted by Crippen LogP contribution is 2.34. The molecule has 62 heavy (non-hydrogen) atoms. The van der Waals surface area contributed by atoms with Crippen molar-refractivity contribution in [2.45, 2.75) is 111 Å². The van der Waals surface area contributed by atoms with Crippen LogP contribution in [-0.2, 0) is 19.1 Å². The SMILES string of the molecule is C.CC(=O)O.CC(C)(C)OC(=O)N1CCC[C@H]1C(=O)NCC(=O)c1ccc(Br)cc1.CC(C)(C)OC(=O)N1CCC[C@H]1c1ncc(-c2ccc(Br)cc2)[nH]1.CC(I)(I)I.N.S.S. The normalized spacial score (nSPS) is 15.3. The van der Waals surface area contributed by atoms with E-state index in [1.807, 2.05) is 51.2 Å². The van der Waals surface area contributed by atoms with Crippen LogP contribution in [0, 0.1) is 0 Å². The van der Waals surface area contributed by atoms with Gasteiger partial charge in [0, 0.05) is 34.5 Å². The summed E-state index contributed by atoms with van der Waals surface area (Å²) in [6.45, 7) is 15.3. The number of Topliss-reactive ketones (excluding diaryl/α,β-unsaturated/α-hetero) is 1. The third-order valence-electron chi connectivity index (χ3n) is 7.72. The first-order chi connectivity index (χ1) is 26.7. The number of carbonyl (C=O) groups excluding carboxylic acids is 4. The zero-order valence-corrected chi connectivity index (χ0v) is 47.2. The van der Waals surface area contributed by atoms with Crippen molar-refractivity contribution in [1.29, 1.82) is 0 Å². The Balaban J connectivity index is -0.000000890. The minimum atomic E-state index is -0.833. The number of aliphatic carboxylic acids is 1. The summed E-state index contributed by atoms with van der Waals surface area (Å²) in [6.07, 6.45) is 4.21. The standard InChI is InChI=1S/C18H22BrN3O2.C18H23BrN2O4.C2H3I3.C2H4O2.CH4.H3N.2H2S/c1-18(2,3)24-17(23)22-10-4-5-15(22)16-20-11-14(21-16)12-6-8-13(19)9-7-12;1-18(2,3)25-17(24)21-10-4-5-14(21)16(23)20-11-15(22)12-6-8-13(19)9-7-12;1-2(3,4)5;1-2(3)4;;;;/h6-9,11,15H,4-5,10H2,1-3H3,(H,20,21);6-9,14H,4-5,10-11H2,1-3H3,(H,20,23);1H3;1H3,(H,3,4);1H4;1H3;2*1H2/t15-;14-;;;;;;/m00....../s1. The molecule has 3 heterocycles. The molecule has 2 atom stereocenters. The molecular formula is C41H63Br2I3N6O8S2. The van der Waals surface area contributed by atoms with Crippen LogP contribution >= 0.6 is 127 Å². The van der Waals surface area contributed by atoms with Crippen molar-refractivity contribution < 1.29 is 38.6 Å². The van der Waals surface area contributed by atoms with Gasteiger partial charge >= 0.3 is 12.2 Å². The lowest BCUT2D eigenvalue weighted by Crippen LogP contribution is -2.48. The lowest BCUT2D eigenvalue weighted by molar-refractivity contribution is -0.134. The van der Waals surface area contributed by atoms with E-state index in [4.69, 9.17) is 19.4 Å². The summed E-state index contributed by atoms with van der Waals surface area (Å²) >= 11 is 13.8.